The fourth-order valence-electron chi connectivity index (χ4n) is 2.55. The Morgan fingerprint density at radius 1 is 1.14 bits per heavy atom. The first kappa shape index (κ1) is 14.0. The molecule has 0 fully saturated rings. The molecule has 0 saturated carbocycles. The Hall–Kier alpha value is -2.95. The number of benzene rings is 1. The zero-order chi connectivity index (χ0) is 15.5. The fraction of sp³-hybridized carbons (Fsp3) is 0.118. The van der Waals surface area contributed by atoms with Crippen LogP contribution in [0.1, 0.15) is 10.4 Å². The summed E-state index contributed by atoms with van der Waals surface area (Å²) in [5.41, 5.74) is 3.58. The fourth-order valence-corrected chi connectivity index (χ4v) is 2.55. The maximum atomic E-state index is 12.1. The third-order valence-electron chi connectivity index (χ3n) is 3.67. The quantitative estimate of drug-likeness (QED) is 0.840. The second-order valence-corrected chi connectivity index (χ2v) is 5.06. The van der Waals surface area contributed by atoms with Crippen molar-refractivity contribution in [1.82, 2.24) is 0 Å². The molecule has 1 aromatic rings. The van der Waals surface area contributed by atoms with Gasteiger partial charge in [-0.15, -0.1) is 0 Å². The third-order valence-corrected chi connectivity index (χ3v) is 3.67. The van der Waals surface area contributed by atoms with Gasteiger partial charge in [-0.05, 0) is 18.2 Å². The number of nitrogens with one attached hydrogen (secondary N) is 1. The average molecular weight is 294 g/mol. The lowest BCUT2D eigenvalue weighted by atomic mass is 9.79. The first-order valence-electron chi connectivity index (χ1n) is 6.90. The molecular weight excluding hydrogens is 280 g/mol. The van der Waals surface area contributed by atoms with Gasteiger partial charge in [0.25, 0.3) is 0 Å². The minimum absolute atomic E-state index is 0.109. The van der Waals surface area contributed by atoms with E-state index in [0.717, 1.165) is 0 Å². The molecule has 110 valence electrons. The van der Waals surface area contributed by atoms with Crippen molar-refractivity contribution < 1.29 is 14.7 Å². The lowest BCUT2D eigenvalue weighted by Crippen LogP contribution is -2.31. The Balaban J connectivity index is 1.90. The van der Waals surface area contributed by atoms with Gasteiger partial charge in [-0.3, -0.25) is 10.2 Å². The van der Waals surface area contributed by atoms with Crippen molar-refractivity contribution in [2.75, 3.05) is 5.43 Å². The van der Waals surface area contributed by atoms with Crippen LogP contribution in [0, 0.1) is 11.8 Å². The Morgan fingerprint density at radius 3 is 2.73 bits per heavy atom. The van der Waals surface area contributed by atoms with Gasteiger partial charge in [0, 0.05) is 11.8 Å². The number of carbonyl (C=O) groups excluding carboxylic acids is 1. The highest BCUT2D eigenvalue weighted by molar-refractivity contribution is 6.46. The molecule has 0 saturated heterocycles. The number of anilines is 1. The number of rotatable bonds is 3. The topological polar surface area (TPSA) is 78.8 Å². The average Bonchev–Trinajstić information content (AvgIpc) is 2.54. The summed E-state index contributed by atoms with van der Waals surface area (Å²) >= 11 is 0. The first-order chi connectivity index (χ1) is 10.7. The van der Waals surface area contributed by atoms with E-state index < -0.39 is 5.97 Å². The number of ketones is 1. The van der Waals surface area contributed by atoms with Gasteiger partial charge in [0.1, 0.15) is 5.71 Å². The molecule has 22 heavy (non-hydrogen) atoms. The lowest BCUT2D eigenvalue weighted by molar-refractivity contribution is -0.109. The highest BCUT2D eigenvalue weighted by atomic mass is 16.4. The number of fused-ring (bicyclic) bond motifs is 1. The number of hydrazone groups is 1. The molecule has 2 aliphatic carbocycles. The zero-order valence-corrected chi connectivity index (χ0v) is 11.6. The summed E-state index contributed by atoms with van der Waals surface area (Å²) in [4.78, 5) is 23.2. The number of carboxylic acid groups (broad SMARTS) is 1. The Kier molecular flexibility index (Phi) is 3.70. The molecule has 0 radical (unpaired) electrons. The number of hydrogen-bond acceptors (Lipinski definition) is 4. The predicted octanol–water partition coefficient (Wildman–Crippen LogP) is 2.65. The van der Waals surface area contributed by atoms with E-state index in [4.69, 9.17) is 5.11 Å². The molecule has 0 spiro atoms. The van der Waals surface area contributed by atoms with Crippen molar-refractivity contribution in [2.24, 2.45) is 16.9 Å². The van der Waals surface area contributed by atoms with Gasteiger partial charge in [-0.2, -0.15) is 5.10 Å². The minimum Gasteiger partial charge on any atom is -0.478 e. The Bertz CT molecular complexity index is 744. The van der Waals surface area contributed by atoms with Crippen LogP contribution in [0.2, 0.25) is 0 Å². The largest absolute Gasteiger partial charge is 0.478 e. The van der Waals surface area contributed by atoms with Crippen LogP contribution in [0.15, 0.2) is 65.8 Å². The second kappa shape index (κ2) is 5.81. The van der Waals surface area contributed by atoms with Crippen LogP contribution in [0.5, 0.6) is 0 Å². The molecule has 0 aromatic heterocycles. The molecule has 2 unspecified atom stereocenters. The molecule has 2 atom stereocenters. The van der Waals surface area contributed by atoms with Gasteiger partial charge in [0.05, 0.1) is 11.3 Å². The molecule has 0 heterocycles. The van der Waals surface area contributed by atoms with E-state index in [-0.39, 0.29) is 23.2 Å². The van der Waals surface area contributed by atoms with Gasteiger partial charge in [-0.25, -0.2) is 4.79 Å². The molecule has 0 bridgehead atoms. The van der Waals surface area contributed by atoms with Crippen molar-refractivity contribution in [3.8, 4) is 0 Å². The van der Waals surface area contributed by atoms with Crippen molar-refractivity contribution in [2.45, 2.75) is 0 Å². The normalized spacial score (nSPS) is 24.4. The van der Waals surface area contributed by atoms with E-state index in [1.165, 1.54) is 12.1 Å². The number of carbonyl (C=O) groups is 2. The first-order valence-corrected chi connectivity index (χ1v) is 6.90. The maximum Gasteiger partial charge on any atom is 0.337 e. The summed E-state index contributed by atoms with van der Waals surface area (Å²) in [5.74, 6) is -1.22. The molecule has 1 aromatic carbocycles. The minimum atomic E-state index is -1.04. The van der Waals surface area contributed by atoms with Crippen molar-refractivity contribution in [3.05, 3.63) is 66.3 Å². The molecule has 0 amide bonds. The van der Waals surface area contributed by atoms with Crippen LogP contribution in [0.3, 0.4) is 0 Å². The van der Waals surface area contributed by atoms with Crippen molar-refractivity contribution >= 4 is 23.2 Å². The predicted molar refractivity (Wildman–Crippen MR) is 83.9 cm³/mol. The van der Waals surface area contributed by atoms with Gasteiger partial charge < -0.3 is 5.11 Å². The van der Waals surface area contributed by atoms with Crippen LogP contribution >= 0.6 is 0 Å². The van der Waals surface area contributed by atoms with Crippen LogP contribution < -0.4 is 5.43 Å². The highest BCUT2D eigenvalue weighted by Crippen LogP contribution is 2.27. The van der Waals surface area contributed by atoms with Crippen LogP contribution in [0.4, 0.5) is 5.69 Å². The third kappa shape index (κ3) is 2.61. The molecule has 5 nitrogen and oxygen atoms in total. The monoisotopic (exact) mass is 294 g/mol. The van der Waals surface area contributed by atoms with E-state index in [2.05, 4.69) is 10.5 Å². The second-order valence-electron chi connectivity index (χ2n) is 5.06. The maximum absolute atomic E-state index is 12.1. The summed E-state index contributed by atoms with van der Waals surface area (Å²) in [7, 11) is 0. The van der Waals surface area contributed by atoms with Gasteiger partial charge in [0.15, 0.2) is 0 Å². The van der Waals surface area contributed by atoms with Crippen LogP contribution in [-0.2, 0) is 4.79 Å². The molecular formula is C17H14N2O3. The summed E-state index contributed by atoms with van der Waals surface area (Å²) < 4.78 is 0. The number of aromatic carboxylic acids is 1. The molecule has 5 heteroatoms. The highest BCUT2D eigenvalue weighted by Gasteiger charge is 2.29. The Labute approximate surface area is 127 Å². The number of nitrogens with zero attached hydrogens (tertiary/aromatic N) is 1. The van der Waals surface area contributed by atoms with Crippen molar-refractivity contribution in [1.29, 1.82) is 0 Å². The summed E-state index contributed by atoms with van der Waals surface area (Å²) in [5, 5.41) is 13.3. The summed E-state index contributed by atoms with van der Waals surface area (Å²) in [6.07, 6.45) is 11.1. The summed E-state index contributed by atoms with van der Waals surface area (Å²) in [6, 6.07) is 6.45. The van der Waals surface area contributed by atoms with Crippen molar-refractivity contribution in [3.63, 3.8) is 0 Å². The Morgan fingerprint density at radius 2 is 1.91 bits per heavy atom. The van der Waals surface area contributed by atoms with E-state index in [9.17, 15) is 9.59 Å². The summed E-state index contributed by atoms with van der Waals surface area (Å²) in [6.45, 7) is 0. The zero-order valence-electron chi connectivity index (χ0n) is 11.6. The number of allylic oxidation sites excluding steroid dienone is 6. The van der Waals surface area contributed by atoms with Gasteiger partial charge in [0.2, 0.25) is 5.78 Å². The molecule has 2 N–H and O–H groups in total. The van der Waals surface area contributed by atoms with E-state index >= 15 is 0 Å². The standard InChI is InChI=1S/C17H14N2O3/c20-15-10-9-11-5-1-2-6-12(11)16(15)19-18-14-8-4-3-7-13(14)17(21)22/h1-12,18H,(H,21,22)/b19-16-. The van der Waals surface area contributed by atoms with Gasteiger partial charge in [-0.1, -0.05) is 42.5 Å². The van der Waals surface area contributed by atoms with E-state index in [1.807, 2.05) is 30.4 Å². The molecule has 3 rings (SSSR count). The van der Waals surface area contributed by atoms with Crippen LogP contribution in [-0.4, -0.2) is 22.6 Å². The van der Waals surface area contributed by atoms with E-state index in [0.29, 0.717) is 11.4 Å². The number of para-hydroxylation sites is 1. The SMILES string of the molecule is O=C1C=CC2C=CC=CC2/C1=N/Nc1ccccc1C(=O)O. The number of carboxylic acids is 1. The smallest absolute Gasteiger partial charge is 0.337 e. The lowest BCUT2D eigenvalue weighted by Gasteiger charge is -2.25. The molecule has 0 aliphatic heterocycles. The van der Waals surface area contributed by atoms with Gasteiger partial charge >= 0.3 is 5.97 Å². The number of hydrogen-bond donors (Lipinski definition) is 2. The van der Waals surface area contributed by atoms with Crippen LogP contribution in [0.25, 0.3) is 0 Å². The van der Waals surface area contributed by atoms with E-state index in [1.54, 1.807) is 18.2 Å². The molecule has 2 aliphatic rings.